The summed E-state index contributed by atoms with van der Waals surface area (Å²) in [5, 5.41) is 10.7. The number of alkyl halides is 2. The lowest BCUT2D eigenvalue weighted by atomic mass is 10.1. The van der Waals surface area contributed by atoms with Crippen LogP contribution in [0.2, 0.25) is 0 Å². The third-order valence-electron chi connectivity index (χ3n) is 1.53. The lowest BCUT2D eigenvalue weighted by Gasteiger charge is -2.19. The molecule has 72 valence electrons. The Labute approximate surface area is 69.8 Å². The van der Waals surface area contributed by atoms with Crippen LogP contribution in [0.25, 0.3) is 0 Å². The topological polar surface area (TPSA) is 49.3 Å². The van der Waals surface area contributed by atoms with Crippen molar-refractivity contribution >= 4 is 5.91 Å². The maximum Gasteiger partial charge on any atom is 0.315 e. The third-order valence-corrected chi connectivity index (χ3v) is 1.53. The van der Waals surface area contributed by atoms with Crippen LogP contribution in [0.3, 0.4) is 0 Å². The van der Waals surface area contributed by atoms with Gasteiger partial charge in [-0.15, -0.1) is 0 Å². The molecule has 3 nitrogen and oxygen atoms in total. The molecular formula is C7H13F2NO2. The molecule has 0 bridgehead atoms. The molecule has 0 aliphatic heterocycles. The molecule has 0 radical (unpaired) electrons. The van der Waals surface area contributed by atoms with E-state index in [0.29, 0.717) is 0 Å². The van der Waals surface area contributed by atoms with E-state index in [-0.39, 0.29) is 12.5 Å². The summed E-state index contributed by atoms with van der Waals surface area (Å²) in [5.74, 6) is -1.39. The third kappa shape index (κ3) is 3.61. The Morgan fingerprint density at radius 3 is 2.25 bits per heavy atom. The summed E-state index contributed by atoms with van der Waals surface area (Å²) in [4.78, 5) is 10.4. The van der Waals surface area contributed by atoms with Crippen LogP contribution in [0.5, 0.6) is 0 Å². The van der Waals surface area contributed by atoms with Crippen molar-refractivity contribution in [3.05, 3.63) is 0 Å². The number of aliphatic hydroxyl groups excluding tert-OH is 1. The van der Waals surface area contributed by atoms with Crippen LogP contribution in [0.4, 0.5) is 8.78 Å². The maximum atomic E-state index is 11.7. The van der Waals surface area contributed by atoms with Gasteiger partial charge >= 0.3 is 6.43 Å². The minimum Gasteiger partial charge on any atom is -0.394 e. The molecule has 1 amide bonds. The fourth-order valence-corrected chi connectivity index (χ4v) is 0.669. The van der Waals surface area contributed by atoms with E-state index in [1.165, 1.54) is 0 Å². The van der Waals surface area contributed by atoms with E-state index in [1.807, 2.05) is 5.32 Å². The van der Waals surface area contributed by atoms with Gasteiger partial charge in [0.1, 0.15) is 0 Å². The van der Waals surface area contributed by atoms with Gasteiger partial charge in [0, 0.05) is 0 Å². The second-order valence-corrected chi connectivity index (χ2v) is 2.84. The summed E-state index contributed by atoms with van der Waals surface area (Å²) in [6, 6.07) is -0.591. The Kier molecular flexibility index (Phi) is 4.73. The van der Waals surface area contributed by atoms with Gasteiger partial charge in [-0.1, -0.05) is 13.8 Å². The number of halogens is 2. The predicted molar refractivity (Wildman–Crippen MR) is 39.9 cm³/mol. The van der Waals surface area contributed by atoms with Crippen LogP contribution in [0.1, 0.15) is 13.8 Å². The first-order chi connectivity index (χ1) is 5.49. The maximum absolute atomic E-state index is 11.7. The lowest BCUT2D eigenvalue weighted by Crippen LogP contribution is -2.43. The van der Waals surface area contributed by atoms with E-state index >= 15 is 0 Å². The predicted octanol–water partition coefficient (Wildman–Crippen LogP) is 0.385. The van der Waals surface area contributed by atoms with Gasteiger partial charge in [0.25, 0.3) is 5.91 Å². The first kappa shape index (κ1) is 11.3. The molecule has 0 aliphatic rings. The van der Waals surface area contributed by atoms with Gasteiger partial charge in [0.2, 0.25) is 0 Å². The highest BCUT2D eigenvalue weighted by Crippen LogP contribution is 2.01. The van der Waals surface area contributed by atoms with Crippen molar-refractivity contribution in [1.82, 2.24) is 5.32 Å². The average molecular weight is 181 g/mol. The van der Waals surface area contributed by atoms with Crippen molar-refractivity contribution in [1.29, 1.82) is 0 Å². The molecule has 0 aliphatic carbocycles. The van der Waals surface area contributed by atoms with Gasteiger partial charge in [-0.2, -0.15) is 8.78 Å². The molecule has 0 aromatic rings. The van der Waals surface area contributed by atoms with Gasteiger partial charge in [-0.3, -0.25) is 4.79 Å². The molecule has 2 N–H and O–H groups in total. The van der Waals surface area contributed by atoms with Crippen LogP contribution in [0, 0.1) is 5.92 Å². The van der Waals surface area contributed by atoms with Crippen LogP contribution in [-0.2, 0) is 4.79 Å². The number of carbonyl (C=O) groups excluding carboxylic acids is 1. The molecule has 0 unspecified atom stereocenters. The fraction of sp³-hybridized carbons (Fsp3) is 0.857. The molecule has 0 saturated carbocycles. The van der Waals surface area contributed by atoms with Crippen molar-refractivity contribution in [2.45, 2.75) is 26.3 Å². The van der Waals surface area contributed by atoms with E-state index < -0.39 is 18.4 Å². The zero-order chi connectivity index (χ0) is 9.72. The van der Waals surface area contributed by atoms with Crippen LogP contribution < -0.4 is 5.32 Å². The van der Waals surface area contributed by atoms with E-state index in [0.717, 1.165) is 0 Å². The number of hydrogen-bond donors (Lipinski definition) is 2. The summed E-state index contributed by atoms with van der Waals surface area (Å²) < 4.78 is 23.4. The van der Waals surface area contributed by atoms with Crippen LogP contribution >= 0.6 is 0 Å². The highest BCUT2D eigenvalue weighted by atomic mass is 19.3. The second kappa shape index (κ2) is 5.03. The second-order valence-electron chi connectivity index (χ2n) is 2.84. The van der Waals surface area contributed by atoms with Gasteiger partial charge < -0.3 is 10.4 Å². The van der Waals surface area contributed by atoms with E-state index in [4.69, 9.17) is 5.11 Å². The summed E-state index contributed by atoms with van der Waals surface area (Å²) >= 11 is 0. The summed E-state index contributed by atoms with van der Waals surface area (Å²) in [6.45, 7) is 3.13. The number of aliphatic hydroxyl groups is 1. The van der Waals surface area contributed by atoms with Gasteiger partial charge in [-0.05, 0) is 5.92 Å². The highest BCUT2D eigenvalue weighted by Gasteiger charge is 2.20. The molecule has 5 heteroatoms. The van der Waals surface area contributed by atoms with Gasteiger partial charge in [0.15, 0.2) is 0 Å². The van der Waals surface area contributed by atoms with E-state index in [1.54, 1.807) is 13.8 Å². The van der Waals surface area contributed by atoms with Crippen molar-refractivity contribution in [2.24, 2.45) is 5.92 Å². The molecular weight excluding hydrogens is 168 g/mol. The molecule has 12 heavy (non-hydrogen) atoms. The lowest BCUT2D eigenvalue weighted by molar-refractivity contribution is -0.133. The van der Waals surface area contributed by atoms with Crippen molar-refractivity contribution in [3.8, 4) is 0 Å². The molecule has 1 atom stereocenters. The smallest absolute Gasteiger partial charge is 0.315 e. The number of rotatable bonds is 4. The van der Waals surface area contributed by atoms with Crippen molar-refractivity contribution < 1.29 is 18.7 Å². The Hall–Kier alpha value is -0.710. The molecule has 0 heterocycles. The number of nitrogens with one attached hydrogen (secondary N) is 1. The van der Waals surface area contributed by atoms with Crippen LogP contribution in [0.15, 0.2) is 0 Å². The monoisotopic (exact) mass is 181 g/mol. The Morgan fingerprint density at radius 2 is 2.00 bits per heavy atom. The van der Waals surface area contributed by atoms with Crippen molar-refractivity contribution in [3.63, 3.8) is 0 Å². The minimum atomic E-state index is -3.02. The molecule has 0 rings (SSSR count). The zero-order valence-corrected chi connectivity index (χ0v) is 7.05. The zero-order valence-electron chi connectivity index (χ0n) is 7.05. The highest BCUT2D eigenvalue weighted by molar-refractivity contribution is 5.79. The fourth-order valence-electron chi connectivity index (χ4n) is 0.669. The van der Waals surface area contributed by atoms with E-state index in [9.17, 15) is 13.6 Å². The molecule has 0 fully saturated rings. The van der Waals surface area contributed by atoms with Crippen molar-refractivity contribution in [2.75, 3.05) is 6.61 Å². The first-order valence-corrected chi connectivity index (χ1v) is 3.68. The molecule has 0 saturated heterocycles. The molecule has 0 spiro atoms. The van der Waals surface area contributed by atoms with Gasteiger partial charge in [0.05, 0.1) is 12.6 Å². The quantitative estimate of drug-likeness (QED) is 0.659. The van der Waals surface area contributed by atoms with Crippen LogP contribution in [-0.4, -0.2) is 30.1 Å². The largest absolute Gasteiger partial charge is 0.394 e. The first-order valence-electron chi connectivity index (χ1n) is 3.68. The standard InChI is InChI=1S/C7H13F2NO2/c1-4(2)5(3-11)10-7(12)6(8)9/h4-6,11H,3H2,1-2H3,(H,10,12)/t5-/m1/s1. The summed E-state index contributed by atoms with van der Waals surface area (Å²) in [7, 11) is 0. The Bertz CT molecular complexity index is 150. The van der Waals surface area contributed by atoms with E-state index in [2.05, 4.69) is 0 Å². The van der Waals surface area contributed by atoms with Gasteiger partial charge in [-0.25, -0.2) is 0 Å². The Balaban J connectivity index is 3.94. The average Bonchev–Trinajstić information content (AvgIpc) is 1.98. The minimum absolute atomic E-state index is 0.0577. The molecule has 0 aromatic carbocycles. The number of carbonyl (C=O) groups is 1. The number of hydrogen-bond acceptors (Lipinski definition) is 2. The Morgan fingerprint density at radius 1 is 1.50 bits per heavy atom. The SMILES string of the molecule is CC(C)[C@@H](CO)NC(=O)C(F)F. The normalized spacial score (nSPS) is 13.6. The molecule has 0 aromatic heterocycles. The summed E-state index contributed by atoms with van der Waals surface area (Å²) in [5.41, 5.74) is 0. The summed E-state index contributed by atoms with van der Waals surface area (Å²) in [6.07, 6.45) is -3.02. The number of amides is 1.